The van der Waals surface area contributed by atoms with Gasteiger partial charge in [0, 0.05) is 15.6 Å². The first-order chi connectivity index (χ1) is 10.0. The van der Waals surface area contributed by atoms with Crippen molar-refractivity contribution in [3.05, 3.63) is 69.2 Å². The molecule has 0 aliphatic rings. The Balaban J connectivity index is 2.46. The molecule has 112 valence electrons. The maximum Gasteiger partial charge on any atom is 0.129 e. The van der Waals surface area contributed by atoms with Crippen LogP contribution < -0.4 is 5.32 Å². The van der Waals surface area contributed by atoms with Gasteiger partial charge < -0.3 is 5.32 Å². The summed E-state index contributed by atoms with van der Waals surface area (Å²) in [4.78, 5) is 0. The fourth-order valence-electron chi connectivity index (χ4n) is 2.15. The van der Waals surface area contributed by atoms with E-state index in [1.165, 1.54) is 18.2 Å². The molecule has 2 aromatic rings. The Labute approximate surface area is 132 Å². The lowest BCUT2D eigenvalue weighted by molar-refractivity contribution is 0.545. The lowest BCUT2D eigenvalue weighted by atomic mass is 9.98. The van der Waals surface area contributed by atoms with Crippen LogP contribution in [0.5, 0.6) is 0 Å². The smallest absolute Gasteiger partial charge is 0.129 e. The second-order valence-corrected chi connectivity index (χ2v) is 5.56. The van der Waals surface area contributed by atoms with Gasteiger partial charge in [0.05, 0.1) is 6.04 Å². The van der Waals surface area contributed by atoms with Crippen LogP contribution in [0.3, 0.4) is 0 Å². The van der Waals surface area contributed by atoms with Crippen molar-refractivity contribution in [2.24, 2.45) is 0 Å². The Morgan fingerprint density at radius 2 is 1.76 bits per heavy atom. The van der Waals surface area contributed by atoms with Crippen molar-refractivity contribution in [2.45, 2.75) is 19.4 Å². The first-order valence-corrected chi connectivity index (χ1v) is 7.41. The normalized spacial score (nSPS) is 12.4. The lowest BCUT2D eigenvalue weighted by Crippen LogP contribution is -2.24. The molecular weight excluding hydrogens is 315 g/mol. The number of hydrogen-bond acceptors (Lipinski definition) is 1. The minimum Gasteiger partial charge on any atom is -0.306 e. The zero-order valence-corrected chi connectivity index (χ0v) is 13.0. The number of hydrogen-bond donors (Lipinski definition) is 1. The zero-order valence-electron chi connectivity index (χ0n) is 11.5. The van der Waals surface area contributed by atoms with Gasteiger partial charge in [-0.15, -0.1) is 0 Å². The Kier molecular flexibility index (Phi) is 5.57. The predicted octanol–water partition coefficient (Wildman–Crippen LogP) is 5.36. The molecule has 0 bridgehead atoms. The molecule has 5 heteroatoms. The average molecular weight is 330 g/mol. The molecule has 21 heavy (non-hydrogen) atoms. The van der Waals surface area contributed by atoms with Crippen molar-refractivity contribution < 1.29 is 8.78 Å². The molecule has 2 aromatic carbocycles. The van der Waals surface area contributed by atoms with E-state index in [4.69, 9.17) is 23.2 Å². The Hall–Kier alpha value is -1.16. The van der Waals surface area contributed by atoms with Crippen molar-refractivity contribution in [1.29, 1.82) is 0 Å². The first-order valence-electron chi connectivity index (χ1n) is 6.66. The fourth-order valence-corrected chi connectivity index (χ4v) is 2.58. The summed E-state index contributed by atoms with van der Waals surface area (Å²) in [5.74, 6) is -0.842. The standard InChI is InChI=1S/C16H15Cl2F2N/c1-2-7-21-16(12-6-4-11(19)9-14(12)18)13-5-3-10(17)8-15(13)20/h3-6,8-9,16,21H,2,7H2,1H3. The zero-order chi connectivity index (χ0) is 15.4. The van der Waals surface area contributed by atoms with Crippen LogP contribution in [0.1, 0.15) is 30.5 Å². The second-order valence-electron chi connectivity index (χ2n) is 4.72. The summed E-state index contributed by atoms with van der Waals surface area (Å²) in [5.41, 5.74) is 1.06. The van der Waals surface area contributed by atoms with E-state index in [-0.39, 0.29) is 5.02 Å². The summed E-state index contributed by atoms with van der Waals surface area (Å²) in [7, 11) is 0. The van der Waals surface area contributed by atoms with Gasteiger partial charge in [0.25, 0.3) is 0 Å². The molecule has 2 rings (SSSR count). The van der Waals surface area contributed by atoms with Crippen molar-refractivity contribution in [2.75, 3.05) is 6.54 Å². The third-order valence-corrected chi connectivity index (χ3v) is 3.71. The van der Waals surface area contributed by atoms with Gasteiger partial charge >= 0.3 is 0 Å². The molecule has 0 aliphatic carbocycles. The van der Waals surface area contributed by atoms with Gasteiger partial charge in [-0.2, -0.15) is 0 Å². The van der Waals surface area contributed by atoms with Crippen molar-refractivity contribution in [3.8, 4) is 0 Å². The summed E-state index contributed by atoms with van der Waals surface area (Å²) >= 11 is 11.9. The number of halogens is 4. The van der Waals surface area contributed by atoms with Crippen LogP contribution >= 0.6 is 23.2 Å². The summed E-state index contributed by atoms with van der Waals surface area (Å²) in [6.07, 6.45) is 0.879. The highest BCUT2D eigenvalue weighted by molar-refractivity contribution is 6.31. The van der Waals surface area contributed by atoms with E-state index in [9.17, 15) is 8.78 Å². The molecule has 0 spiro atoms. The molecule has 0 saturated heterocycles. The summed E-state index contributed by atoms with van der Waals surface area (Å²) < 4.78 is 27.4. The van der Waals surface area contributed by atoms with Crippen LogP contribution in [0.4, 0.5) is 8.78 Å². The van der Waals surface area contributed by atoms with Gasteiger partial charge in [0.15, 0.2) is 0 Å². The summed E-state index contributed by atoms with van der Waals surface area (Å²) in [6, 6.07) is 8.16. The Morgan fingerprint density at radius 1 is 1.05 bits per heavy atom. The van der Waals surface area contributed by atoms with Gasteiger partial charge in [-0.1, -0.05) is 42.3 Å². The second kappa shape index (κ2) is 7.21. The van der Waals surface area contributed by atoms with Gasteiger partial charge in [0.2, 0.25) is 0 Å². The Morgan fingerprint density at radius 3 is 2.38 bits per heavy atom. The molecule has 0 fully saturated rings. The highest BCUT2D eigenvalue weighted by Gasteiger charge is 2.20. The highest BCUT2D eigenvalue weighted by Crippen LogP contribution is 2.31. The maximum absolute atomic E-state index is 14.2. The number of benzene rings is 2. The molecule has 0 heterocycles. The molecule has 1 N–H and O–H groups in total. The van der Waals surface area contributed by atoms with E-state index in [0.29, 0.717) is 22.7 Å². The molecular formula is C16H15Cl2F2N. The molecule has 1 unspecified atom stereocenters. The number of nitrogens with one attached hydrogen (secondary N) is 1. The molecule has 0 amide bonds. The molecule has 1 atom stereocenters. The first kappa shape index (κ1) is 16.2. The lowest BCUT2D eigenvalue weighted by Gasteiger charge is -2.21. The monoisotopic (exact) mass is 329 g/mol. The van der Waals surface area contributed by atoms with Crippen molar-refractivity contribution in [1.82, 2.24) is 5.32 Å². The maximum atomic E-state index is 14.2. The molecule has 0 saturated carbocycles. The summed E-state index contributed by atoms with van der Waals surface area (Å²) in [5, 5.41) is 3.82. The third kappa shape index (κ3) is 3.94. The molecule has 0 aliphatic heterocycles. The minimum atomic E-state index is -0.449. The molecule has 0 aromatic heterocycles. The van der Waals surface area contributed by atoms with Crippen LogP contribution in [0, 0.1) is 11.6 Å². The van der Waals surface area contributed by atoms with Gasteiger partial charge in [-0.3, -0.25) is 0 Å². The molecule has 1 nitrogen and oxygen atoms in total. The minimum absolute atomic E-state index is 0.262. The van der Waals surface area contributed by atoms with Gasteiger partial charge in [-0.25, -0.2) is 8.78 Å². The summed E-state index contributed by atoms with van der Waals surface area (Å²) in [6.45, 7) is 2.69. The average Bonchev–Trinajstić information content (AvgIpc) is 2.42. The largest absolute Gasteiger partial charge is 0.306 e. The van der Waals surface area contributed by atoms with Crippen LogP contribution in [-0.4, -0.2) is 6.54 Å². The van der Waals surface area contributed by atoms with E-state index in [1.54, 1.807) is 18.2 Å². The van der Waals surface area contributed by atoms with E-state index in [1.807, 2.05) is 6.92 Å². The van der Waals surface area contributed by atoms with Gasteiger partial charge in [0.1, 0.15) is 11.6 Å². The van der Waals surface area contributed by atoms with Crippen LogP contribution in [-0.2, 0) is 0 Å². The third-order valence-electron chi connectivity index (χ3n) is 3.15. The van der Waals surface area contributed by atoms with Crippen LogP contribution in [0.25, 0.3) is 0 Å². The van der Waals surface area contributed by atoms with Gasteiger partial charge in [-0.05, 0) is 42.8 Å². The number of rotatable bonds is 5. The van der Waals surface area contributed by atoms with Crippen molar-refractivity contribution >= 4 is 23.2 Å². The fraction of sp³-hybridized carbons (Fsp3) is 0.250. The quantitative estimate of drug-likeness (QED) is 0.778. The van der Waals surface area contributed by atoms with E-state index in [2.05, 4.69) is 5.32 Å². The highest BCUT2D eigenvalue weighted by atomic mass is 35.5. The van der Waals surface area contributed by atoms with E-state index in [0.717, 1.165) is 6.42 Å². The van der Waals surface area contributed by atoms with E-state index < -0.39 is 17.7 Å². The van der Waals surface area contributed by atoms with Crippen molar-refractivity contribution in [3.63, 3.8) is 0 Å². The van der Waals surface area contributed by atoms with Crippen LogP contribution in [0.15, 0.2) is 36.4 Å². The van der Waals surface area contributed by atoms with Crippen LogP contribution in [0.2, 0.25) is 10.0 Å². The molecule has 0 radical (unpaired) electrons. The SMILES string of the molecule is CCCNC(c1ccc(Cl)cc1F)c1ccc(F)cc1Cl. The topological polar surface area (TPSA) is 12.0 Å². The Bertz CT molecular complexity index is 580. The van der Waals surface area contributed by atoms with E-state index >= 15 is 0 Å². The predicted molar refractivity (Wildman–Crippen MR) is 83.0 cm³/mol.